The molecule has 0 N–H and O–H groups in total. The van der Waals surface area contributed by atoms with Crippen molar-refractivity contribution in [3.05, 3.63) is 182 Å². The zero-order chi connectivity index (χ0) is 33.5. The van der Waals surface area contributed by atoms with Crippen LogP contribution in [0.15, 0.2) is 186 Å². The van der Waals surface area contributed by atoms with Gasteiger partial charge in [0, 0.05) is 10.8 Å². The maximum absolute atomic E-state index is 6.72. The first-order valence-electron chi connectivity index (χ1n) is 17.6. The third-order valence-corrected chi connectivity index (χ3v) is 10.8. The fraction of sp³-hybridized carbons (Fsp3) is 0. The number of fused-ring (bicyclic) bond motifs is 10. The molecule has 0 unspecified atom stereocenters. The van der Waals surface area contributed by atoms with Gasteiger partial charge in [0.05, 0.1) is 0 Å². The van der Waals surface area contributed by atoms with Gasteiger partial charge in [-0.25, -0.2) is 0 Å². The van der Waals surface area contributed by atoms with Gasteiger partial charge in [-0.3, -0.25) is 0 Å². The van der Waals surface area contributed by atoms with Gasteiger partial charge in [0.15, 0.2) is 0 Å². The zero-order valence-corrected chi connectivity index (χ0v) is 27.7. The van der Waals surface area contributed by atoms with E-state index in [2.05, 4.69) is 182 Å². The second-order valence-electron chi connectivity index (χ2n) is 13.6. The third kappa shape index (κ3) is 4.22. The number of furan rings is 1. The predicted octanol–water partition coefficient (Wildman–Crippen LogP) is 14.4. The van der Waals surface area contributed by atoms with Crippen LogP contribution in [0.25, 0.3) is 109 Å². The largest absolute Gasteiger partial charge is 0.456 e. The molecule has 0 saturated carbocycles. The predicted molar refractivity (Wildman–Crippen MR) is 218 cm³/mol. The molecule has 10 aromatic carbocycles. The molecule has 1 aromatic heterocycles. The average Bonchev–Trinajstić information content (AvgIpc) is 3.59. The molecule has 11 rings (SSSR count). The molecule has 0 bridgehead atoms. The summed E-state index contributed by atoms with van der Waals surface area (Å²) < 4.78 is 6.72. The first-order chi connectivity index (χ1) is 25.3. The van der Waals surface area contributed by atoms with E-state index >= 15 is 0 Å². The van der Waals surface area contributed by atoms with Crippen molar-refractivity contribution < 1.29 is 4.42 Å². The topological polar surface area (TPSA) is 13.1 Å². The monoisotopic (exact) mass is 646 g/mol. The van der Waals surface area contributed by atoms with Crippen molar-refractivity contribution in [2.24, 2.45) is 0 Å². The van der Waals surface area contributed by atoms with Crippen LogP contribution in [0.3, 0.4) is 0 Å². The molecule has 0 spiro atoms. The fourth-order valence-electron chi connectivity index (χ4n) is 8.54. The van der Waals surface area contributed by atoms with E-state index in [1.807, 2.05) is 0 Å². The Morgan fingerprint density at radius 3 is 1.47 bits per heavy atom. The highest BCUT2D eigenvalue weighted by Crippen LogP contribution is 2.48. The van der Waals surface area contributed by atoms with E-state index in [-0.39, 0.29) is 0 Å². The molecular weight excluding hydrogens is 617 g/mol. The van der Waals surface area contributed by atoms with Crippen LogP contribution in [0.4, 0.5) is 0 Å². The van der Waals surface area contributed by atoms with Crippen LogP contribution in [0.1, 0.15) is 0 Å². The highest BCUT2D eigenvalue weighted by molar-refractivity contribution is 6.31. The lowest BCUT2D eigenvalue weighted by atomic mass is 9.84. The Morgan fingerprint density at radius 1 is 0.275 bits per heavy atom. The highest BCUT2D eigenvalue weighted by atomic mass is 16.3. The summed E-state index contributed by atoms with van der Waals surface area (Å²) in [6.07, 6.45) is 0. The summed E-state index contributed by atoms with van der Waals surface area (Å²) >= 11 is 0. The molecule has 0 aliphatic heterocycles. The minimum Gasteiger partial charge on any atom is -0.456 e. The fourth-order valence-corrected chi connectivity index (χ4v) is 8.54. The van der Waals surface area contributed by atoms with Gasteiger partial charge in [-0.15, -0.1) is 0 Å². The molecule has 0 aliphatic carbocycles. The number of rotatable bonds is 3. The summed E-state index contributed by atoms with van der Waals surface area (Å²) in [5, 5.41) is 14.7. The molecule has 51 heavy (non-hydrogen) atoms. The molecular formula is C50H30O. The van der Waals surface area contributed by atoms with E-state index in [0.717, 1.165) is 11.2 Å². The van der Waals surface area contributed by atoms with Crippen LogP contribution in [-0.2, 0) is 0 Å². The standard InChI is InChI=1S/C50H30O/c1-2-13-35-29-36(26-23-31(35)11-1)32-21-24-34(25-22-32)47-40-17-7-9-19-42(40)48(43-20-10-8-18-41(43)47)44-30-46-50(39-16-6-5-15-38(39)44)49-37-14-4-3-12-33(37)27-28-45(49)51-46/h1-30H. The molecule has 0 radical (unpaired) electrons. The lowest BCUT2D eigenvalue weighted by molar-refractivity contribution is 0.669. The summed E-state index contributed by atoms with van der Waals surface area (Å²) in [6.45, 7) is 0. The number of benzene rings is 10. The van der Waals surface area contributed by atoms with Gasteiger partial charge in [0.25, 0.3) is 0 Å². The second kappa shape index (κ2) is 10.9. The Labute approximate surface area is 294 Å². The van der Waals surface area contributed by atoms with E-state index in [4.69, 9.17) is 4.42 Å². The lowest BCUT2D eigenvalue weighted by Crippen LogP contribution is -1.92. The SMILES string of the molecule is c1ccc2cc(-c3ccc(-c4c5ccccc5c(-c5cc6oc7ccc8ccccc8c7c6c6ccccc56)c5ccccc45)cc3)ccc2c1. The first-order valence-corrected chi connectivity index (χ1v) is 17.6. The van der Waals surface area contributed by atoms with Crippen molar-refractivity contribution in [3.63, 3.8) is 0 Å². The van der Waals surface area contributed by atoms with Crippen LogP contribution in [0.5, 0.6) is 0 Å². The molecule has 11 aromatic rings. The highest BCUT2D eigenvalue weighted by Gasteiger charge is 2.21. The summed E-state index contributed by atoms with van der Waals surface area (Å²) in [5.41, 5.74) is 9.17. The molecule has 0 aliphatic rings. The Bertz CT molecular complexity index is 3120. The van der Waals surface area contributed by atoms with E-state index < -0.39 is 0 Å². The van der Waals surface area contributed by atoms with Crippen molar-refractivity contribution in [1.29, 1.82) is 0 Å². The van der Waals surface area contributed by atoms with Gasteiger partial charge in [0.2, 0.25) is 0 Å². The van der Waals surface area contributed by atoms with Gasteiger partial charge in [-0.1, -0.05) is 164 Å². The number of hydrogen-bond donors (Lipinski definition) is 0. The molecule has 1 nitrogen and oxygen atoms in total. The van der Waals surface area contributed by atoms with Crippen molar-refractivity contribution in [3.8, 4) is 33.4 Å². The smallest absolute Gasteiger partial charge is 0.136 e. The molecule has 0 amide bonds. The van der Waals surface area contributed by atoms with Gasteiger partial charge in [0.1, 0.15) is 11.2 Å². The molecule has 1 heterocycles. The Kier molecular flexibility index (Phi) is 6.02. The lowest BCUT2D eigenvalue weighted by Gasteiger charge is -2.19. The normalized spacial score (nSPS) is 11.9. The molecule has 236 valence electrons. The molecule has 0 fully saturated rings. The van der Waals surface area contributed by atoms with Crippen molar-refractivity contribution in [2.75, 3.05) is 0 Å². The minimum atomic E-state index is 0.913. The van der Waals surface area contributed by atoms with Crippen molar-refractivity contribution >= 4 is 75.8 Å². The minimum absolute atomic E-state index is 0.913. The Morgan fingerprint density at radius 2 is 0.765 bits per heavy atom. The summed E-state index contributed by atoms with van der Waals surface area (Å²) in [5.74, 6) is 0. The summed E-state index contributed by atoms with van der Waals surface area (Å²) in [4.78, 5) is 0. The van der Waals surface area contributed by atoms with Gasteiger partial charge in [-0.05, 0) is 105 Å². The average molecular weight is 647 g/mol. The maximum atomic E-state index is 6.72. The van der Waals surface area contributed by atoms with Gasteiger partial charge < -0.3 is 4.42 Å². The van der Waals surface area contributed by atoms with Crippen LogP contribution in [0.2, 0.25) is 0 Å². The maximum Gasteiger partial charge on any atom is 0.136 e. The first kappa shape index (κ1) is 28.2. The Balaban J connectivity index is 1.17. The summed E-state index contributed by atoms with van der Waals surface area (Å²) in [7, 11) is 0. The van der Waals surface area contributed by atoms with Crippen LogP contribution in [-0.4, -0.2) is 0 Å². The van der Waals surface area contributed by atoms with E-state index in [0.29, 0.717) is 0 Å². The van der Waals surface area contributed by atoms with Gasteiger partial charge in [-0.2, -0.15) is 0 Å². The third-order valence-electron chi connectivity index (χ3n) is 10.8. The van der Waals surface area contributed by atoms with Crippen molar-refractivity contribution in [2.45, 2.75) is 0 Å². The van der Waals surface area contributed by atoms with E-state index in [1.54, 1.807) is 0 Å². The molecule has 0 saturated heterocycles. The second-order valence-corrected chi connectivity index (χ2v) is 13.6. The zero-order valence-electron chi connectivity index (χ0n) is 27.7. The molecule has 0 atom stereocenters. The molecule has 1 heteroatoms. The van der Waals surface area contributed by atoms with Crippen LogP contribution >= 0.6 is 0 Å². The van der Waals surface area contributed by atoms with E-state index in [9.17, 15) is 0 Å². The van der Waals surface area contributed by atoms with E-state index in [1.165, 1.54) is 98.0 Å². The Hall–Kier alpha value is -6.70. The van der Waals surface area contributed by atoms with Gasteiger partial charge >= 0.3 is 0 Å². The quantitative estimate of drug-likeness (QED) is 0.174. The summed E-state index contributed by atoms with van der Waals surface area (Å²) in [6, 6.07) is 66.2. The van der Waals surface area contributed by atoms with Crippen molar-refractivity contribution in [1.82, 2.24) is 0 Å². The van der Waals surface area contributed by atoms with Crippen LogP contribution in [0, 0.1) is 0 Å². The van der Waals surface area contributed by atoms with Crippen LogP contribution < -0.4 is 0 Å². The number of hydrogen-bond acceptors (Lipinski definition) is 1.